The molecule has 1 aromatic heterocycles. The quantitative estimate of drug-likeness (QED) is 0.904. The van der Waals surface area contributed by atoms with Gasteiger partial charge in [-0.2, -0.15) is 0 Å². The first-order valence-electron chi connectivity index (χ1n) is 6.34. The molecule has 1 aliphatic heterocycles. The zero-order chi connectivity index (χ0) is 13.1. The Hall–Kier alpha value is -1.36. The summed E-state index contributed by atoms with van der Waals surface area (Å²) in [6.45, 7) is 5.15. The fourth-order valence-corrected chi connectivity index (χ4v) is 3.09. The van der Waals surface area contributed by atoms with Crippen molar-refractivity contribution < 1.29 is 9.59 Å². The summed E-state index contributed by atoms with van der Waals surface area (Å²) in [7, 11) is 0. The predicted octanol–water partition coefficient (Wildman–Crippen LogP) is 1.66. The Kier molecular flexibility index (Phi) is 4.01. The van der Waals surface area contributed by atoms with E-state index in [2.05, 4.69) is 12.2 Å². The molecule has 1 atom stereocenters. The van der Waals surface area contributed by atoms with Gasteiger partial charge in [0.1, 0.15) is 6.04 Å². The minimum atomic E-state index is -0.321. The van der Waals surface area contributed by atoms with E-state index in [1.807, 2.05) is 19.1 Å². The summed E-state index contributed by atoms with van der Waals surface area (Å²) < 4.78 is 0. The molecule has 0 radical (unpaired) electrons. The summed E-state index contributed by atoms with van der Waals surface area (Å²) in [6.07, 6.45) is 1.60. The van der Waals surface area contributed by atoms with Crippen molar-refractivity contribution in [2.45, 2.75) is 32.7 Å². The Bertz CT molecular complexity index is 456. The van der Waals surface area contributed by atoms with Gasteiger partial charge < -0.3 is 10.2 Å². The minimum Gasteiger partial charge on any atom is -0.353 e. The maximum atomic E-state index is 12.4. The van der Waals surface area contributed by atoms with Gasteiger partial charge in [-0.25, -0.2) is 0 Å². The number of nitrogens with one attached hydrogen (secondary N) is 1. The Morgan fingerprint density at radius 1 is 1.50 bits per heavy atom. The maximum absolute atomic E-state index is 12.4. The molecule has 1 N–H and O–H groups in total. The van der Waals surface area contributed by atoms with E-state index in [-0.39, 0.29) is 17.9 Å². The molecule has 1 saturated heterocycles. The summed E-state index contributed by atoms with van der Waals surface area (Å²) in [5.41, 5.74) is 0. The number of amides is 2. The smallest absolute Gasteiger partial charge is 0.264 e. The predicted molar refractivity (Wildman–Crippen MR) is 71.8 cm³/mol. The van der Waals surface area contributed by atoms with Crippen LogP contribution < -0.4 is 5.32 Å². The van der Waals surface area contributed by atoms with Gasteiger partial charge in [-0.1, -0.05) is 13.8 Å². The lowest BCUT2D eigenvalue weighted by Gasteiger charge is -2.34. The van der Waals surface area contributed by atoms with Gasteiger partial charge in [0.15, 0.2) is 0 Å². The van der Waals surface area contributed by atoms with Gasteiger partial charge in [0.2, 0.25) is 5.91 Å². The molecular formula is C13H18N2O2S. The van der Waals surface area contributed by atoms with E-state index in [0.29, 0.717) is 19.5 Å². The molecule has 2 amide bonds. The van der Waals surface area contributed by atoms with Gasteiger partial charge in [-0.05, 0) is 25.0 Å². The summed E-state index contributed by atoms with van der Waals surface area (Å²) in [5, 5.41) is 2.81. The van der Waals surface area contributed by atoms with Crippen LogP contribution in [0.25, 0.3) is 0 Å². The molecule has 5 heteroatoms. The molecule has 4 nitrogen and oxygen atoms in total. The van der Waals surface area contributed by atoms with Gasteiger partial charge in [0.25, 0.3) is 5.91 Å². The average Bonchev–Trinajstić information content (AvgIpc) is 2.86. The van der Waals surface area contributed by atoms with E-state index in [0.717, 1.165) is 11.3 Å². The molecule has 18 heavy (non-hydrogen) atoms. The number of carbonyl (C=O) groups is 2. The van der Waals surface area contributed by atoms with E-state index in [1.165, 1.54) is 16.2 Å². The van der Waals surface area contributed by atoms with Crippen molar-refractivity contribution in [1.82, 2.24) is 10.2 Å². The van der Waals surface area contributed by atoms with Crippen LogP contribution in [0.4, 0.5) is 0 Å². The van der Waals surface area contributed by atoms with Crippen LogP contribution in [0, 0.1) is 0 Å². The zero-order valence-corrected chi connectivity index (χ0v) is 11.5. The molecule has 98 valence electrons. The van der Waals surface area contributed by atoms with Crippen molar-refractivity contribution >= 4 is 23.2 Å². The van der Waals surface area contributed by atoms with Crippen molar-refractivity contribution in [3.8, 4) is 0 Å². The van der Waals surface area contributed by atoms with Crippen LogP contribution in [0.15, 0.2) is 12.1 Å². The van der Waals surface area contributed by atoms with Gasteiger partial charge in [-0.15, -0.1) is 11.3 Å². The van der Waals surface area contributed by atoms with Gasteiger partial charge >= 0.3 is 0 Å². The molecule has 1 fully saturated rings. The Balaban J connectivity index is 2.18. The lowest BCUT2D eigenvalue weighted by atomic mass is 10.1. The number of hydrogen-bond donors (Lipinski definition) is 1. The fraction of sp³-hybridized carbons (Fsp3) is 0.538. The first-order valence-corrected chi connectivity index (χ1v) is 7.16. The topological polar surface area (TPSA) is 49.4 Å². The van der Waals surface area contributed by atoms with E-state index in [4.69, 9.17) is 0 Å². The Morgan fingerprint density at radius 3 is 2.89 bits per heavy atom. The highest BCUT2D eigenvalue weighted by molar-refractivity contribution is 7.14. The molecule has 0 aliphatic carbocycles. The monoisotopic (exact) mass is 266 g/mol. The van der Waals surface area contributed by atoms with Crippen LogP contribution in [0.5, 0.6) is 0 Å². The molecule has 1 aliphatic rings. The van der Waals surface area contributed by atoms with Crippen molar-refractivity contribution in [3.63, 3.8) is 0 Å². The molecule has 0 spiro atoms. The number of thiophene rings is 1. The first-order chi connectivity index (χ1) is 8.67. The second-order valence-corrected chi connectivity index (χ2v) is 5.50. The van der Waals surface area contributed by atoms with Crippen LogP contribution in [-0.2, 0) is 11.2 Å². The lowest BCUT2D eigenvalue weighted by molar-refractivity contribution is -0.127. The van der Waals surface area contributed by atoms with E-state index >= 15 is 0 Å². The number of nitrogens with zero attached hydrogens (tertiary/aromatic N) is 1. The molecule has 2 heterocycles. The number of rotatable bonds is 3. The molecule has 1 unspecified atom stereocenters. The second kappa shape index (κ2) is 5.52. The SMILES string of the molecule is CCc1ccc(C(=O)N2CCNC(=O)C2CC)s1. The van der Waals surface area contributed by atoms with Crippen LogP contribution in [0.2, 0.25) is 0 Å². The molecular weight excluding hydrogens is 248 g/mol. The summed E-state index contributed by atoms with van der Waals surface area (Å²) in [5.74, 6) is -0.0502. The van der Waals surface area contributed by atoms with E-state index in [9.17, 15) is 9.59 Å². The molecule has 0 bridgehead atoms. The highest BCUT2D eigenvalue weighted by atomic mass is 32.1. The van der Waals surface area contributed by atoms with Gasteiger partial charge in [0, 0.05) is 18.0 Å². The maximum Gasteiger partial charge on any atom is 0.264 e. The Labute approximate surface area is 111 Å². The number of carbonyl (C=O) groups excluding carboxylic acids is 2. The zero-order valence-electron chi connectivity index (χ0n) is 10.7. The van der Waals surface area contributed by atoms with Crippen LogP contribution in [0.3, 0.4) is 0 Å². The average molecular weight is 266 g/mol. The first kappa shape index (κ1) is 13.1. The number of piperazine rings is 1. The third-order valence-corrected chi connectivity index (χ3v) is 4.42. The third kappa shape index (κ3) is 2.41. The van der Waals surface area contributed by atoms with E-state index in [1.54, 1.807) is 4.90 Å². The van der Waals surface area contributed by atoms with Crippen LogP contribution >= 0.6 is 11.3 Å². The summed E-state index contributed by atoms with van der Waals surface area (Å²) >= 11 is 1.53. The lowest BCUT2D eigenvalue weighted by Crippen LogP contribution is -2.56. The Morgan fingerprint density at radius 2 is 2.28 bits per heavy atom. The summed E-state index contributed by atoms with van der Waals surface area (Å²) in [4.78, 5) is 27.8. The molecule has 0 saturated carbocycles. The summed E-state index contributed by atoms with van der Waals surface area (Å²) in [6, 6.07) is 3.53. The molecule has 0 aromatic carbocycles. The minimum absolute atomic E-state index is 0.0126. The van der Waals surface area contributed by atoms with Gasteiger partial charge in [-0.3, -0.25) is 9.59 Å². The highest BCUT2D eigenvalue weighted by Gasteiger charge is 2.32. The molecule has 2 rings (SSSR count). The normalized spacial score (nSPS) is 19.8. The third-order valence-electron chi connectivity index (χ3n) is 3.20. The second-order valence-electron chi connectivity index (χ2n) is 4.33. The van der Waals surface area contributed by atoms with Crippen molar-refractivity contribution in [1.29, 1.82) is 0 Å². The van der Waals surface area contributed by atoms with Crippen molar-refractivity contribution in [3.05, 3.63) is 21.9 Å². The van der Waals surface area contributed by atoms with Crippen LogP contribution in [0.1, 0.15) is 34.8 Å². The van der Waals surface area contributed by atoms with E-state index < -0.39 is 0 Å². The van der Waals surface area contributed by atoms with Crippen molar-refractivity contribution in [2.75, 3.05) is 13.1 Å². The van der Waals surface area contributed by atoms with Crippen molar-refractivity contribution in [2.24, 2.45) is 0 Å². The molecule has 1 aromatic rings. The standard InChI is InChI=1S/C13H18N2O2S/c1-3-9-5-6-11(18-9)13(17)15-8-7-14-12(16)10(15)4-2/h5-6,10H,3-4,7-8H2,1-2H3,(H,14,16). The van der Waals surface area contributed by atoms with Gasteiger partial charge in [0.05, 0.1) is 4.88 Å². The highest BCUT2D eigenvalue weighted by Crippen LogP contribution is 2.21. The fourth-order valence-electron chi connectivity index (χ4n) is 2.19. The number of hydrogen-bond acceptors (Lipinski definition) is 3. The number of aryl methyl sites for hydroxylation is 1. The van der Waals surface area contributed by atoms with Crippen LogP contribution in [-0.4, -0.2) is 35.8 Å². The largest absolute Gasteiger partial charge is 0.353 e.